The van der Waals surface area contributed by atoms with Gasteiger partial charge in [-0.1, -0.05) is 0 Å². The Labute approximate surface area is 173 Å². The molecule has 8 heteroatoms. The van der Waals surface area contributed by atoms with E-state index >= 15 is 0 Å². The monoisotopic (exact) mass is 418 g/mol. The minimum Gasteiger partial charge on any atom is -0.381 e. The summed E-state index contributed by atoms with van der Waals surface area (Å²) in [4.78, 5) is 2.59. The van der Waals surface area contributed by atoms with Gasteiger partial charge in [-0.15, -0.1) is 10.2 Å². The van der Waals surface area contributed by atoms with E-state index < -0.39 is 17.5 Å². The Morgan fingerprint density at radius 2 is 1.87 bits per heavy atom. The number of aromatic nitrogens is 2. The zero-order chi connectivity index (χ0) is 20.7. The lowest BCUT2D eigenvalue weighted by atomic mass is 10.0. The third kappa shape index (κ3) is 4.03. The summed E-state index contributed by atoms with van der Waals surface area (Å²) in [5.41, 5.74) is -0.124. The zero-order valence-electron chi connectivity index (χ0n) is 16.7. The first-order valence-electron chi connectivity index (χ1n) is 10.6. The van der Waals surface area contributed by atoms with Gasteiger partial charge in [-0.05, 0) is 55.2 Å². The summed E-state index contributed by atoms with van der Waals surface area (Å²) >= 11 is 0. The summed E-state index contributed by atoms with van der Waals surface area (Å²) < 4.78 is 46.3. The first-order valence-corrected chi connectivity index (χ1v) is 10.6. The first-order chi connectivity index (χ1) is 14.5. The second-order valence-corrected chi connectivity index (χ2v) is 8.83. The van der Waals surface area contributed by atoms with Gasteiger partial charge in [0, 0.05) is 43.9 Å². The molecule has 1 N–H and O–H groups in total. The molecule has 3 fully saturated rings. The highest BCUT2D eigenvalue weighted by atomic mass is 19.2. The molecule has 1 saturated carbocycles. The van der Waals surface area contributed by atoms with E-state index in [0.29, 0.717) is 35.7 Å². The average molecular weight is 418 g/mol. The Bertz CT molecular complexity index is 890. The SMILES string of the molecule is Fc1cc(F)c(F)c(-c2ccc(N[C@@H]3C[C@@H]4CN(C[C@H]5CCOC5)C[C@@H]4C3)nn2)c1. The van der Waals surface area contributed by atoms with Crippen LogP contribution in [0, 0.1) is 35.2 Å². The summed E-state index contributed by atoms with van der Waals surface area (Å²) in [7, 11) is 0. The van der Waals surface area contributed by atoms with Gasteiger partial charge in [0.2, 0.25) is 0 Å². The quantitative estimate of drug-likeness (QED) is 0.750. The number of nitrogens with one attached hydrogen (secondary N) is 1. The van der Waals surface area contributed by atoms with Crippen molar-refractivity contribution in [2.24, 2.45) is 17.8 Å². The van der Waals surface area contributed by atoms with Crippen LogP contribution in [0.5, 0.6) is 0 Å². The van der Waals surface area contributed by atoms with Crippen LogP contribution < -0.4 is 5.32 Å². The number of fused-ring (bicyclic) bond motifs is 1. The van der Waals surface area contributed by atoms with Gasteiger partial charge in [0.25, 0.3) is 0 Å². The average Bonchev–Trinajstić information content (AvgIpc) is 3.43. The fourth-order valence-corrected chi connectivity index (χ4v) is 5.26. The Morgan fingerprint density at radius 1 is 1.07 bits per heavy atom. The molecule has 1 aliphatic carbocycles. The number of hydrogen-bond donors (Lipinski definition) is 1. The Morgan fingerprint density at radius 3 is 2.53 bits per heavy atom. The van der Waals surface area contributed by atoms with Gasteiger partial charge in [-0.2, -0.15) is 0 Å². The Balaban J connectivity index is 1.17. The van der Waals surface area contributed by atoms with E-state index in [-0.39, 0.29) is 11.3 Å². The predicted octanol–water partition coefficient (Wildman–Crippen LogP) is 3.72. The maximum Gasteiger partial charge on any atom is 0.168 e. The Kier molecular flexibility index (Phi) is 5.37. The molecule has 2 aliphatic heterocycles. The molecule has 5 rings (SSSR count). The number of anilines is 1. The van der Waals surface area contributed by atoms with Crippen molar-refractivity contribution in [1.29, 1.82) is 0 Å². The predicted molar refractivity (Wildman–Crippen MR) is 106 cm³/mol. The molecule has 3 heterocycles. The molecule has 4 atom stereocenters. The standard InChI is InChI=1S/C22H25F3N4O/c23-16-7-18(22(25)19(24)8-16)20-1-2-21(28-27-20)26-17-5-14-10-29(11-15(14)6-17)9-13-3-4-30-12-13/h1-2,7-8,13-15,17H,3-6,9-12H2,(H,26,28)/t13-,14-,15+,17-/m1/s1. The molecular formula is C22H25F3N4O. The van der Waals surface area contributed by atoms with Crippen molar-refractivity contribution in [3.05, 3.63) is 41.7 Å². The van der Waals surface area contributed by atoms with Gasteiger partial charge in [0.05, 0.1) is 12.3 Å². The van der Waals surface area contributed by atoms with Gasteiger partial charge in [-0.3, -0.25) is 0 Å². The van der Waals surface area contributed by atoms with Gasteiger partial charge in [-0.25, -0.2) is 13.2 Å². The highest BCUT2D eigenvalue weighted by molar-refractivity contribution is 5.60. The number of halogens is 3. The third-order valence-corrected chi connectivity index (χ3v) is 6.65. The molecule has 30 heavy (non-hydrogen) atoms. The number of hydrogen-bond acceptors (Lipinski definition) is 5. The minimum atomic E-state index is -1.24. The van der Waals surface area contributed by atoms with E-state index in [4.69, 9.17) is 4.74 Å². The van der Waals surface area contributed by atoms with E-state index in [1.165, 1.54) is 12.5 Å². The lowest BCUT2D eigenvalue weighted by Gasteiger charge is -2.22. The molecule has 160 valence electrons. The number of nitrogens with zero attached hydrogens (tertiary/aromatic N) is 3. The molecule has 0 amide bonds. The molecule has 2 saturated heterocycles. The Hall–Kier alpha value is -2.19. The number of ether oxygens (including phenoxy) is 1. The van der Waals surface area contributed by atoms with Gasteiger partial charge >= 0.3 is 0 Å². The van der Waals surface area contributed by atoms with E-state index in [1.807, 2.05) is 0 Å². The van der Waals surface area contributed by atoms with Crippen molar-refractivity contribution < 1.29 is 17.9 Å². The van der Waals surface area contributed by atoms with E-state index in [9.17, 15) is 13.2 Å². The minimum absolute atomic E-state index is 0.103. The largest absolute Gasteiger partial charge is 0.381 e. The van der Waals surface area contributed by atoms with E-state index in [1.54, 1.807) is 6.07 Å². The molecule has 1 aromatic heterocycles. The molecule has 3 aliphatic rings. The number of rotatable bonds is 5. The summed E-state index contributed by atoms with van der Waals surface area (Å²) in [6.07, 6.45) is 3.36. The van der Waals surface area contributed by atoms with Crippen LogP contribution in [0.25, 0.3) is 11.3 Å². The van der Waals surface area contributed by atoms with Crippen LogP contribution >= 0.6 is 0 Å². The maximum atomic E-state index is 14.0. The second-order valence-electron chi connectivity index (χ2n) is 8.83. The molecule has 0 unspecified atom stereocenters. The molecule has 0 radical (unpaired) electrons. The van der Waals surface area contributed by atoms with Crippen molar-refractivity contribution in [3.63, 3.8) is 0 Å². The number of likely N-dealkylation sites (tertiary alicyclic amines) is 1. The summed E-state index contributed by atoms with van der Waals surface area (Å²) in [6.45, 7) is 5.24. The second kappa shape index (κ2) is 8.15. The maximum absolute atomic E-state index is 14.0. The van der Waals surface area contributed by atoms with Crippen molar-refractivity contribution >= 4 is 5.82 Å². The zero-order valence-corrected chi connectivity index (χ0v) is 16.7. The molecule has 0 bridgehead atoms. The summed E-state index contributed by atoms with van der Waals surface area (Å²) in [5, 5.41) is 11.5. The first kappa shape index (κ1) is 19.8. The lowest BCUT2D eigenvalue weighted by Crippen LogP contribution is -2.30. The van der Waals surface area contributed by atoms with Crippen LogP contribution in [-0.2, 0) is 4.74 Å². The topological polar surface area (TPSA) is 50.3 Å². The molecule has 5 nitrogen and oxygen atoms in total. The van der Waals surface area contributed by atoms with Crippen molar-refractivity contribution in [2.45, 2.75) is 25.3 Å². The lowest BCUT2D eigenvalue weighted by molar-refractivity contribution is 0.171. The van der Waals surface area contributed by atoms with Crippen LogP contribution in [0.3, 0.4) is 0 Å². The van der Waals surface area contributed by atoms with E-state index in [2.05, 4.69) is 20.4 Å². The van der Waals surface area contributed by atoms with Crippen molar-refractivity contribution in [2.75, 3.05) is 38.2 Å². The van der Waals surface area contributed by atoms with Gasteiger partial charge in [0.1, 0.15) is 11.6 Å². The molecule has 1 aromatic carbocycles. The van der Waals surface area contributed by atoms with Crippen LogP contribution in [-0.4, -0.2) is 54.0 Å². The van der Waals surface area contributed by atoms with Crippen LogP contribution in [0.15, 0.2) is 24.3 Å². The van der Waals surface area contributed by atoms with Gasteiger partial charge in [0.15, 0.2) is 11.6 Å². The van der Waals surface area contributed by atoms with Crippen LogP contribution in [0.4, 0.5) is 19.0 Å². The molecular weight excluding hydrogens is 393 g/mol. The fraction of sp³-hybridized carbons (Fsp3) is 0.545. The van der Waals surface area contributed by atoms with Gasteiger partial charge < -0.3 is 15.0 Å². The third-order valence-electron chi connectivity index (χ3n) is 6.65. The fourth-order valence-electron chi connectivity index (χ4n) is 5.26. The highest BCUT2D eigenvalue weighted by Crippen LogP contribution is 2.39. The van der Waals surface area contributed by atoms with Crippen molar-refractivity contribution in [1.82, 2.24) is 15.1 Å². The number of benzene rings is 1. The highest BCUT2D eigenvalue weighted by Gasteiger charge is 2.41. The normalized spacial score (nSPS) is 28.8. The van der Waals surface area contributed by atoms with E-state index in [0.717, 1.165) is 51.8 Å². The van der Waals surface area contributed by atoms with Crippen LogP contribution in [0.1, 0.15) is 19.3 Å². The van der Waals surface area contributed by atoms with Crippen molar-refractivity contribution in [3.8, 4) is 11.3 Å². The van der Waals surface area contributed by atoms with Crippen LogP contribution in [0.2, 0.25) is 0 Å². The smallest absolute Gasteiger partial charge is 0.168 e. The molecule has 2 aromatic rings. The summed E-state index contributed by atoms with van der Waals surface area (Å²) in [6, 6.07) is 5.00. The summed E-state index contributed by atoms with van der Waals surface area (Å²) in [5.74, 6) is -0.531. The molecule has 0 spiro atoms.